The molecule has 2 aliphatic heterocycles. The lowest BCUT2D eigenvalue weighted by Gasteiger charge is -2.19. The van der Waals surface area contributed by atoms with E-state index in [0.29, 0.717) is 42.8 Å². The van der Waals surface area contributed by atoms with Gasteiger partial charge in [0.2, 0.25) is 5.91 Å². The second-order valence-corrected chi connectivity index (χ2v) is 11.4. The van der Waals surface area contributed by atoms with Gasteiger partial charge in [-0.05, 0) is 64.3 Å². The number of halogens is 3. The lowest BCUT2D eigenvalue weighted by molar-refractivity contribution is -0.286. The number of rotatable bonds is 7. The highest BCUT2D eigenvalue weighted by molar-refractivity contribution is 6.02. The molecule has 1 unspecified atom stereocenters. The van der Waals surface area contributed by atoms with Crippen LogP contribution in [0.1, 0.15) is 51.7 Å². The van der Waals surface area contributed by atoms with Gasteiger partial charge in [-0.1, -0.05) is 17.9 Å². The number of hydrogen-bond acceptors (Lipinski definition) is 7. The van der Waals surface area contributed by atoms with Crippen molar-refractivity contribution in [3.63, 3.8) is 0 Å². The molecule has 0 spiro atoms. The Morgan fingerprint density at radius 1 is 1.12 bits per heavy atom. The fourth-order valence-electron chi connectivity index (χ4n) is 4.54. The molecule has 214 valence electrons. The quantitative estimate of drug-likeness (QED) is 0.421. The van der Waals surface area contributed by atoms with Crippen LogP contribution >= 0.6 is 0 Å². The maximum absolute atomic E-state index is 15.3. The molecule has 40 heavy (non-hydrogen) atoms. The van der Waals surface area contributed by atoms with Crippen molar-refractivity contribution in [3.05, 3.63) is 47.3 Å². The zero-order valence-electron chi connectivity index (χ0n) is 22.6. The molecule has 3 N–H and O–H groups in total. The average molecular weight is 561 g/mol. The molecule has 3 aliphatic rings. The largest absolute Gasteiger partial charge is 0.586 e. The summed E-state index contributed by atoms with van der Waals surface area (Å²) in [4.78, 5) is 13.4. The van der Waals surface area contributed by atoms with E-state index in [2.05, 4.69) is 31.9 Å². The zero-order valence-corrected chi connectivity index (χ0v) is 22.6. The van der Waals surface area contributed by atoms with Crippen LogP contribution in [-0.2, 0) is 19.7 Å². The molecule has 1 saturated carbocycles. The van der Waals surface area contributed by atoms with E-state index in [1.54, 1.807) is 13.8 Å². The number of benzene rings is 2. The summed E-state index contributed by atoms with van der Waals surface area (Å²) in [5, 5.41) is 15.4. The van der Waals surface area contributed by atoms with Gasteiger partial charge in [-0.2, -0.15) is 0 Å². The van der Waals surface area contributed by atoms with E-state index in [0.717, 1.165) is 0 Å². The summed E-state index contributed by atoms with van der Waals surface area (Å²) in [6, 6.07) is 6.90. The minimum absolute atomic E-state index is 0.0817. The van der Waals surface area contributed by atoms with E-state index in [-0.39, 0.29) is 29.9 Å². The molecular formula is C29H31F3N2O6. The van der Waals surface area contributed by atoms with Crippen LogP contribution in [0.5, 0.6) is 11.5 Å². The molecular weight excluding hydrogens is 529 g/mol. The minimum Gasteiger partial charge on any atom is -0.395 e. The number of carbonyl (C=O) groups excluding carboxylic acids is 1. The molecule has 2 aromatic rings. The Labute approximate surface area is 230 Å². The number of alkyl halides is 2. The van der Waals surface area contributed by atoms with E-state index in [1.165, 1.54) is 30.3 Å². The lowest BCUT2D eigenvalue weighted by Crippen LogP contribution is -2.28. The zero-order chi connectivity index (χ0) is 28.9. The molecule has 0 radical (unpaired) electrons. The topological polar surface area (TPSA) is 98.3 Å². The predicted molar refractivity (Wildman–Crippen MR) is 140 cm³/mol. The summed E-state index contributed by atoms with van der Waals surface area (Å²) in [7, 11) is 0. The third-order valence-electron chi connectivity index (χ3n) is 7.01. The Hall–Kier alpha value is -3.46. The number of carbonyl (C=O) groups is 1. The Morgan fingerprint density at radius 3 is 2.50 bits per heavy atom. The number of amides is 1. The first-order valence-electron chi connectivity index (χ1n) is 13.0. The van der Waals surface area contributed by atoms with Gasteiger partial charge in [0.25, 0.3) is 0 Å². The monoisotopic (exact) mass is 560 g/mol. The minimum atomic E-state index is -3.77. The van der Waals surface area contributed by atoms with Gasteiger partial charge < -0.3 is 34.7 Å². The van der Waals surface area contributed by atoms with Crippen LogP contribution in [0.4, 0.5) is 24.5 Å². The van der Waals surface area contributed by atoms with Gasteiger partial charge in [0.05, 0.1) is 30.0 Å². The molecule has 5 rings (SSSR count). The molecule has 1 atom stereocenters. The molecule has 11 heteroatoms. The summed E-state index contributed by atoms with van der Waals surface area (Å²) >= 11 is 0. The van der Waals surface area contributed by atoms with Crippen LogP contribution in [0.2, 0.25) is 0 Å². The third-order valence-corrected chi connectivity index (χ3v) is 7.01. The van der Waals surface area contributed by atoms with Crippen molar-refractivity contribution in [3.8, 4) is 23.3 Å². The van der Waals surface area contributed by atoms with E-state index < -0.39 is 34.6 Å². The summed E-state index contributed by atoms with van der Waals surface area (Å²) in [5.74, 6) is 3.82. The summed E-state index contributed by atoms with van der Waals surface area (Å²) in [6.07, 6.45) is -3.13. The van der Waals surface area contributed by atoms with E-state index in [9.17, 15) is 18.7 Å². The highest BCUT2D eigenvalue weighted by atomic mass is 19.3. The van der Waals surface area contributed by atoms with Gasteiger partial charge >= 0.3 is 6.29 Å². The fraction of sp³-hybridized carbons (Fsp3) is 0.483. The molecule has 2 heterocycles. The lowest BCUT2D eigenvalue weighted by atomic mass is 9.94. The number of hydrogen-bond donors (Lipinski definition) is 3. The van der Waals surface area contributed by atoms with Crippen LogP contribution in [-0.4, -0.2) is 49.0 Å². The molecule has 0 aromatic heterocycles. The number of anilines is 2. The highest BCUT2D eigenvalue weighted by Gasteiger charge is 2.53. The maximum atomic E-state index is 15.3. The van der Waals surface area contributed by atoms with Gasteiger partial charge in [-0.3, -0.25) is 4.79 Å². The first kappa shape index (κ1) is 28.1. The number of aliphatic hydroxyl groups excluding tert-OH is 1. The van der Waals surface area contributed by atoms with Crippen LogP contribution in [0.15, 0.2) is 30.3 Å². The Kier molecular flexibility index (Phi) is 6.93. The van der Waals surface area contributed by atoms with Gasteiger partial charge in [0, 0.05) is 23.6 Å². The first-order chi connectivity index (χ1) is 18.7. The SMILES string of the molecule is CC(C)(C#Cc1cc(NC(=O)C2(c3ccc4c(c3)OC(F)(F)O4)CC2)c(F)cc1NCC1COC(C)(C)O1)CO. The van der Waals surface area contributed by atoms with Crippen molar-refractivity contribution in [2.45, 2.75) is 64.1 Å². The second kappa shape index (κ2) is 9.87. The predicted octanol–water partition coefficient (Wildman–Crippen LogP) is 4.75. The molecule has 0 bridgehead atoms. The normalized spacial score (nSPS) is 21.4. The molecule has 1 saturated heterocycles. The van der Waals surface area contributed by atoms with Crippen LogP contribution in [0.25, 0.3) is 0 Å². The van der Waals surface area contributed by atoms with Gasteiger partial charge in [0.15, 0.2) is 17.3 Å². The summed E-state index contributed by atoms with van der Waals surface area (Å²) in [6.45, 7) is 7.67. The molecule has 1 amide bonds. The van der Waals surface area contributed by atoms with Crippen LogP contribution < -0.4 is 20.1 Å². The average Bonchev–Trinajstić information content (AvgIpc) is 3.53. The standard InChI is InChI=1S/C29H31F3N2O6/c1-26(2,16-35)8-7-17-11-22(20(30)13-21(17)33-14-19-15-37-27(3,4)38-19)34-25(36)28(9-10-28)18-5-6-23-24(12-18)40-29(31,32)39-23/h5-6,11-13,19,33,35H,9-10,14-16H2,1-4H3,(H,34,36). The smallest absolute Gasteiger partial charge is 0.395 e. The number of nitrogens with one attached hydrogen (secondary N) is 2. The van der Waals surface area contributed by atoms with E-state index in [1.807, 2.05) is 13.8 Å². The third kappa shape index (κ3) is 5.84. The molecule has 1 aliphatic carbocycles. The number of fused-ring (bicyclic) bond motifs is 1. The summed E-state index contributed by atoms with van der Waals surface area (Å²) in [5.41, 5.74) is -0.543. The Balaban J connectivity index is 1.38. The second-order valence-electron chi connectivity index (χ2n) is 11.4. The Morgan fingerprint density at radius 2 is 1.85 bits per heavy atom. The number of ether oxygens (including phenoxy) is 4. The van der Waals surface area contributed by atoms with Crippen LogP contribution in [0, 0.1) is 23.1 Å². The first-order valence-corrected chi connectivity index (χ1v) is 13.0. The molecule has 2 aromatic carbocycles. The van der Waals surface area contributed by atoms with Crippen molar-refractivity contribution in [2.75, 3.05) is 30.4 Å². The fourth-order valence-corrected chi connectivity index (χ4v) is 4.54. The van der Waals surface area contributed by atoms with E-state index >= 15 is 4.39 Å². The van der Waals surface area contributed by atoms with Gasteiger partial charge in [0.1, 0.15) is 11.9 Å². The van der Waals surface area contributed by atoms with Crippen molar-refractivity contribution >= 4 is 17.3 Å². The highest BCUT2D eigenvalue weighted by Crippen LogP contribution is 2.52. The molecule has 8 nitrogen and oxygen atoms in total. The van der Waals surface area contributed by atoms with Gasteiger partial charge in [-0.15, -0.1) is 8.78 Å². The van der Waals surface area contributed by atoms with Crippen molar-refractivity contribution in [2.24, 2.45) is 5.41 Å². The number of aliphatic hydroxyl groups is 1. The Bertz CT molecular complexity index is 1390. The molecule has 2 fully saturated rings. The van der Waals surface area contributed by atoms with Crippen molar-refractivity contribution in [1.82, 2.24) is 0 Å². The van der Waals surface area contributed by atoms with Gasteiger partial charge in [-0.25, -0.2) is 4.39 Å². The van der Waals surface area contributed by atoms with Crippen molar-refractivity contribution in [1.29, 1.82) is 0 Å². The van der Waals surface area contributed by atoms with E-state index in [4.69, 9.17) is 9.47 Å². The van der Waals surface area contributed by atoms with Crippen LogP contribution in [0.3, 0.4) is 0 Å². The summed E-state index contributed by atoms with van der Waals surface area (Å²) < 4.78 is 62.6. The maximum Gasteiger partial charge on any atom is 0.586 e. The van der Waals surface area contributed by atoms with Crippen molar-refractivity contribution < 1.29 is 42.0 Å².